The van der Waals surface area contributed by atoms with Gasteiger partial charge in [-0.3, -0.25) is 4.79 Å². The lowest BCUT2D eigenvalue weighted by Crippen LogP contribution is -2.56. The number of piperazine rings is 1. The molecule has 3 aliphatic rings. The van der Waals surface area contributed by atoms with Crippen LogP contribution in [-0.4, -0.2) is 72.2 Å². The standard InChI is InChI=1S/C22H29ClF3N3O2/c1-15-20(31)28(9-2-8-27-10-7-21(5-6-21)19(30)14-27)11-12-29(15)16-3-4-18(23)17(13-16)22(24,25)26/h3-4,13,15,19,30H,2,5-12,14H2,1H3. The van der Waals surface area contributed by atoms with Crippen molar-refractivity contribution in [1.82, 2.24) is 9.80 Å². The molecule has 1 aliphatic carbocycles. The number of halogens is 4. The maximum atomic E-state index is 13.2. The molecule has 9 heteroatoms. The lowest BCUT2D eigenvalue weighted by atomic mass is 9.90. The molecule has 5 nitrogen and oxygen atoms in total. The topological polar surface area (TPSA) is 47.0 Å². The number of benzene rings is 1. The number of carbonyl (C=O) groups is 1. The minimum atomic E-state index is -4.54. The van der Waals surface area contributed by atoms with Gasteiger partial charge in [0.1, 0.15) is 6.04 Å². The molecule has 0 bridgehead atoms. The highest BCUT2D eigenvalue weighted by Crippen LogP contribution is 2.53. The van der Waals surface area contributed by atoms with Gasteiger partial charge < -0.3 is 19.8 Å². The Hall–Kier alpha value is -1.51. The van der Waals surface area contributed by atoms with E-state index >= 15 is 0 Å². The number of carbonyl (C=O) groups excluding carboxylic acids is 1. The Kier molecular flexibility index (Phi) is 6.18. The summed E-state index contributed by atoms with van der Waals surface area (Å²) in [7, 11) is 0. The second kappa shape index (κ2) is 8.45. The van der Waals surface area contributed by atoms with Gasteiger partial charge in [-0.1, -0.05) is 11.6 Å². The maximum Gasteiger partial charge on any atom is 0.417 e. The zero-order chi connectivity index (χ0) is 22.4. The van der Waals surface area contributed by atoms with E-state index in [-0.39, 0.29) is 22.4 Å². The van der Waals surface area contributed by atoms with Gasteiger partial charge in [-0.15, -0.1) is 0 Å². The summed E-state index contributed by atoms with van der Waals surface area (Å²) in [6.07, 6.45) is -0.648. The highest BCUT2D eigenvalue weighted by Gasteiger charge is 2.51. The van der Waals surface area contributed by atoms with Crippen LogP contribution in [0.2, 0.25) is 5.02 Å². The molecule has 0 aromatic heterocycles. The largest absolute Gasteiger partial charge is 0.417 e. The first-order chi connectivity index (χ1) is 14.6. The highest BCUT2D eigenvalue weighted by atomic mass is 35.5. The first-order valence-corrected chi connectivity index (χ1v) is 11.3. The number of amides is 1. The molecular formula is C22H29ClF3N3O2. The summed E-state index contributed by atoms with van der Waals surface area (Å²) in [6.45, 7) is 5.82. The van der Waals surface area contributed by atoms with E-state index in [2.05, 4.69) is 4.90 Å². The zero-order valence-electron chi connectivity index (χ0n) is 17.7. The maximum absolute atomic E-state index is 13.2. The van der Waals surface area contributed by atoms with Crippen molar-refractivity contribution in [2.75, 3.05) is 44.2 Å². The van der Waals surface area contributed by atoms with Gasteiger partial charge in [-0.25, -0.2) is 0 Å². The van der Waals surface area contributed by atoms with Gasteiger partial charge in [0.15, 0.2) is 0 Å². The number of aliphatic hydroxyl groups excluding tert-OH is 1. The van der Waals surface area contributed by atoms with Gasteiger partial charge in [0.05, 0.1) is 16.7 Å². The van der Waals surface area contributed by atoms with Gasteiger partial charge in [0.2, 0.25) is 5.91 Å². The molecule has 1 aromatic rings. The fourth-order valence-corrected chi connectivity index (χ4v) is 5.15. The third-order valence-corrected chi connectivity index (χ3v) is 7.52. The Morgan fingerprint density at radius 2 is 1.90 bits per heavy atom. The average molecular weight is 460 g/mol. The van der Waals surface area contributed by atoms with Crippen molar-refractivity contribution in [3.63, 3.8) is 0 Å². The predicted molar refractivity (Wildman–Crippen MR) is 113 cm³/mol. The fraction of sp³-hybridized carbons (Fsp3) is 0.682. The molecule has 1 amide bonds. The average Bonchev–Trinajstić information content (AvgIpc) is 3.49. The van der Waals surface area contributed by atoms with Gasteiger partial charge in [-0.2, -0.15) is 13.2 Å². The number of β-amino-alcohol motifs (C(OH)–C–C–N with tert-alkyl or cyclic N) is 1. The van der Waals surface area contributed by atoms with Crippen LogP contribution in [0.5, 0.6) is 0 Å². The van der Waals surface area contributed by atoms with E-state index in [4.69, 9.17) is 11.6 Å². The van der Waals surface area contributed by atoms with Crippen molar-refractivity contribution in [2.45, 2.75) is 50.9 Å². The number of rotatable bonds is 5. The summed E-state index contributed by atoms with van der Waals surface area (Å²) in [5.41, 5.74) is -0.342. The van der Waals surface area contributed by atoms with Crippen molar-refractivity contribution in [3.8, 4) is 0 Å². The van der Waals surface area contributed by atoms with Gasteiger partial charge >= 0.3 is 6.18 Å². The van der Waals surface area contributed by atoms with Crippen LogP contribution in [0.4, 0.5) is 18.9 Å². The van der Waals surface area contributed by atoms with Crippen molar-refractivity contribution >= 4 is 23.2 Å². The summed E-state index contributed by atoms with van der Waals surface area (Å²) in [6, 6.07) is 3.26. The number of hydrogen-bond acceptors (Lipinski definition) is 4. The molecule has 1 N–H and O–H groups in total. The molecule has 31 heavy (non-hydrogen) atoms. The minimum absolute atomic E-state index is 0.0784. The quantitative estimate of drug-likeness (QED) is 0.730. The van der Waals surface area contributed by atoms with Crippen LogP contribution in [0.1, 0.15) is 38.2 Å². The van der Waals surface area contributed by atoms with Crippen molar-refractivity contribution in [1.29, 1.82) is 0 Å². The third-order valence-electron chi connectivity index (χ3n) is 7.19. The zero-order valence-corrected chi connectivity index (χ0v) is 18.4. The van der Waals surface area contributed by atoms with Crippen LogP contribution < -0.4 is 4.90 Å². The highest BCUT2D eigenvalue weighted by molar-refractivity contribution is 6.31. The second-order valence-electron chi connectivity index (χ2n) is 9.14. The van der Waals surface area contributed by atoms with Crippen molar-refractivity contribution in [3.05, 3.63) is 28.8 Å². The number of hydrogen-bond donors (Lipinski definition) is 1. The molecule has 3 fully saturated rings. The number of anilines is 1. The van der Waals surface area contributed by atoms with Crippen LogP contribution >= 0.6 is 11.6 Å². The molecule has 2 aliphatic heterocycles. The van der Waals surface area contributed by atoms with Gasteiger partial charge in [0, 0.05) is 31.9 Å². The molecule has 0 radical (unpaired) electrons. The third kappa shape index (κ3) is 4.66. The second-order valence-corrected chi connectivity index (χ2v) is 9.55. The summed E-state index contributed by atoms with van der Waals surface area (Å²) >= 11 is 5.72. The molecule has 2 atom stereocenters. The van der Waals surface area contributed by atoms with Crippen LogP contribution in [0, 0.1) is 5.41 Å². The van der Waals surface area contributed by atoms with E-state index in [9.17, 15) is 23.1 Å². The monoisotopic (exact) mass is 459 g/mol. The first-order valence-electron chi connectivity index (χ1n) is 10.9. The Bertz CT molecular complexity index is 831. The summed E-state index contributed by atoms with van der Waals surface area (Å²) < 4.78 is 39.6. The van der Waals surface area contributed by atoms with Crippen LogP contribution in [-0.2, 0) is 11.0 Å². The Labute approximate surface area is 185 Å². The van der Waals surface area contributed by atoms with Crippen LogP contribution in [0.15, 0.2) is 18.2 Å². The summed E-state index contributed by atoms with van der Waals surface area (Å²) in [5.74, 6) is -0.0784. The SMILES string of the molecule is CC1C(=O)N(CCCN2CCC3(CC3)C(O)C2)CCN1c1ccc(Cl)c(C(F)(F)F)c1. The molecular weight excluding hydrogens is 431 g/mol. The van der Waals surface area contributed by atoms with E-state index < -0.39 is 17.8 Å². The Balaban J connectivity index is 1.31. The van der Waals surface area contributed by atoms with E-state index in [1.54, 1.807) is 16.7 Å². The molecule has 1 saturated carbocycles. The fourth-order valence-electron chi connectivity index (χ4n) is 4.92. The van der Waals surface area contributed by atoms with Crippen molar-refractivity contribution < 1.29 is 23.1 Å². The number of aliphatic hydroxyl groups is 1. The number of nitrogens with zero attached hydrogens (tertiary/aromatic N) is 3. The Morgan fingerprint density at radius 3 is 2.55 bits per heavy atom. The molecule has 1 spiro atoms. The van der Waals surface area contributed by atoms with Crippen LogP contribution in [0.25, 0.3) is 0 Å². The molecule has 172 valence electrons. The molecule has 1 aromatic carbocycles. The summed E-state index contributed by atoms with van der Waals surface area (Å²) in [5, 5.41) is 9.99. The van der Waals surface area contributed by atoms with E-state index in [1.165, 1.54) is 12.1 Å². The number of likely N-dealkylation sites (tertiary alicyclic amines) is 1. The normalized spacial score (nSPS) is 26.6. The molecule has 2 unspecified atom stereocenters. The van der Waals surface area contributed by atoms with E-state index in [0.29, 0.717) is 31.9 Å². The molecule has 2 saturated heterocycles. The predicted octanol–water partition coefficient (Wildman–Crippen LogP) is 3.63. The first kappa shape index (κ1) is 22.7. The van der Waals surface area contributed by atoms with Crippen LogP contribution in [0.3, 0.4) is 0 Å². The Morgan fingerprint density at radius 1 is 1.16 bits per heavy atom. The number of piperidine rings is 1. The smallest absolute Gasteiger partial charge is 0.391 e. The lowest BCUT2D eigenvalue weighted by molar-refractivity contribution is -0.137. The van der Waals surface area contributed by atoms with Gasteiger partial charge in [0.25, 0.3) is 0 Å². The molecule has 2 heterocycles. The molecule has 4 rings (SSSR count). The minimum Gasteiger partial charge on any atom is -0.391 e. The van der Waals surface area contributed by atoms with Gasteiger partial charge in [-0.05, 0) is 69.3 Å². The number of alkyl halides is 3. The lowest BCUT2D eigenvalue weighted by Gasteiger charge is -2.41. The van der Waals surface area contributed by atoms with E-state index in [0.717, 1.165) is 44.8 Å². The van der Waals surface area contributed by atoms with E-state index in [1.807, 2.05) is 0 Å². The van der Waals surface area contributed by atoms with Crippen molar-refractivity contribution in [2.24, 2.45) is 5.41 Å². The summed E-state index contributed by atoms with van der Waals surface area (Å²) in [4.78, 5) is 18.6.